The van der Waals surface area contributed by atoms with Crippen LogP contribution in [0.2, 0.25) is 0 Å². The van der Waals surface area contributed by atoms with Gasteiger partial charge >= 0.3 is 0 Å². The fraction of sp³-hybridized carbons (Fsp3) is 0.120. The minimum atomic E-state index is -0.526. The minimum Gasteiger partial charge on any atom is -0.490 e. The van der Waals surface area contributed by atoms with Crippen molar-refractivity contribution in [3.63, 3.8) is 0 Å². The van der Waals surface area contributed by atoms with E-state index in [0.29, 0.717) is 24.5 Å². The Labute approximate surface area is 199 Å². The Morgan fingerprint density at radius 2 is 1.47 bits per heavy atom. The molecule has 0 radical (unpaired) electrons. The zero-order chi connectivity index (χ0) is 23.9. The third kappa shape index (κ3) is 5.62. The van der Waals surface area contributed by atoms with Crippen molar-refractivity contribution < 1.29 is 24.0 Å². The van der Waals surface area contributed by atoms with E-state index in [-0.39, 0.29) is 17.1 Å². The number of amides is 2. The molecule has 0 aliphatic carbocycles. The van der Waals surface area contributed by atoms with Crippen LogP contribution in [0.25, 0.3) is 6.08 Å². The van der Waals surface area contributed by atoms with Crippen molar-refractivity contribution in [2.24, 2.45) is 0 Å². The van der Waals surface area contributed by atoms with Gasteiger partial charge in [-0.05, 0) is 47.7 Å². The molecule has 0 atom stereocenters. The van der Waals surface area contributed by atoms with Crippen molar-refractivity contribution in [2.45, 2.75) is 6.54 Å². The second-order valence-corrected chi connectivity index (χ2v) is 8.23. The third-order valence-corrected chi connectivity index (χ3v) is 5.84. The lowest BCUT2D eigenvalue weighted by atomic mass is 10.1. The number of imide groups is 1. The van der Waals surface area contributed by atoms with Gasteiger partial charge in [0, 0.05) is 11.6 Å². The molecule has 3 aromatic rings. The lowest BCUT2D eigenvalue weighted by Crippen LogP contribution is -2.27. The maximum atomic E-state index is 12.8. The summed E-state index contributed by atoms with van der Waals surface area (Å²) in [6.07, 6.45) is 1.62. The van der Waals surface area contributed by atoms with Crippen LogP contribution in [0.1, 0.15) is 11.1 Å². The number of carbonyl (C=O) groups excluding carboxylic acids is 2. The number of hydrogen-bond acceptors (Lipinski definition) is 7. The van der Waals surface area contributed by atoms with Gasteiger partial charge in [0.1, 0.15) is 24.7 Å². The molecule has 1 saturated heterocycles. The number of para-hydroxylation sites is 2. The fourth-order valence-electron chi connectivity index (χ4n) is 3.28. The highest BCUT2D eigenvalue weighted by Crippen LogP contribution is 2.34. The second kappa shape index (κ2) is 10.7. The molecule has 2 amide bonds. The van der Waals surface area contributed by atoms with Crippen LogP contribution < -0.4 is 9.47 Å². The maximum absolute atomic E-state index is 12.8. The SMILES string of the molecule is O=C1S/C(=C\c2ccc(OCCOc3ccccc3)cc2)C(=O)N1Cc1ccccc1[N+](=O)[O-]. The summed E-state index contributed by atoms with van der Waals surface area (Å²) in [6, 6.07) is 22.6. The Morgan fingerprint density at radius 3 is 2.15 bits per heavy atom. The summed E-state index contributed by atoms with van der Waals surface area (Å²) in [5.74, 6) is 0.946. The van der Waals surface area contributed by atoms with E-state index in [1.165, 1.54) is 12.1 Å². The number of nitro groups is 1. The number of ether oxygens (including phenoxy) is 2. The molecular formula is C25H20N2O6S. The highest BCUT2D eigenvalue weighted by Gasteiger charge is 2.36. The molecule has 8 nitrogen and oxygen atoms in total. The molecule has 0 unspecified atom stereocenters. The predicted octanol–water partition coefficient (Wildman–Crippen LogP) is 5.29. The van der Waals surface area contributed by atoms with Crippen LogP contribution in [0.15, 0.2) is 83.8 Å². The molecule has 1 heterocycles. The molecule has 0 aromatic heterocycles. The average molecular weight is 477 g/mol. The number of benzene rings is 3. The largest absolute Gasteiger partial charge is 0.490 e. The van der Waals surface area contributed by atoms with E-state index in [4.69, 9.17) is 9.47 Å². The molecular weight excluding hydrogens is 456 g/mol. The summed E-state index contributed by atoms with van der Waals surface area (Å²) in [5.41, 5.74) is 0.896. The van der Waals surface area contributed by atoms with Crippen LogP contribution in [-0.4, -0.2) is 34.2 Å². The minimum absolute atomic E-state index is 0.129. The van der Waals surface area contributed by atoms with Crippen LogP contribution >= 0.6 is 11.8 Å². The Balaban J connectivity index is 1.35. The predicted molar refractivity (Wildman–Crippen MR) is 128 cm³/mol. The van der Waals surface area contributed by atoms with Gasteiger partial charge in [-0.2, -0.15) is 0 Å². The summed E-state index contributed by atoms with van der Waals surface area (Å²) in [6.45, 7) is 0.619. The molecule has 9 heteroatoms. The van der Waals surface area contributed by atoms with E-state index in [1.54, 1.807) is 42.5 Å². The number of carbonyl (C=O) groups is 2. The Morgan fingerprint density at radius 1 is 0.853 bits per heavy atom. The van der Waals surface area contributed by atoms with Crippen molar-refractivity contribution in [1.29, 1.82) is 0 Å². The quantitative estimate of drug-likeness (QED) is 0.179. The maximum Gasteiger partial charge on any atom is 0.293 e. The summed E-state index contributed by atoms with van der Waals surface area (Å²) in [4.78, 5) is 37.1. The van der Waals surface area contributed by atoms with Crippen molar-refractivity contribution in [3.05, 3.63) is 105 Å². The van der Waals surface area contributed by atoms with Crippen molar-refractivity contribution in [2.75, 3.05) is 13.2 Å². The lowest BCUT2D eigenvalue weighted by Gasteiger charge is -2.12. The molecule has 4 rings (SSSR count). The van der Waals surface area contributed by atoms with Crippen LogP contribution in [0.5, 0.6) is 11.5 Å². The smallest absolute Gasteiger partial charge is 0.293 e. The molecule has 0 saturated carbocycles. The van der Waals surface area contributed by atoms with Gasteiger partial charge < -0.3 is 9.47 Å². The van der Waals surface area contributed by atoms with Crippen LogP contribution in [0, 0.1) is 10.1 Å². The van der Waals surface area contributed by atoms with E-state index in [2.05, 4.69) is 0 Å². The molecule has 0 bridgehead atoms. The first kappa shape index (κ1) is 23.1. The number of nitrogens with zero attached hydrogens (tertiary/aromatic N) is 2. The normalized spacial score (nSPS) is 14.5. The zero-order valence-electron chi connectivity index (χ0n) is 18.0. The molecule has 1 fully saturated rings. The summed E-state index contributed by atoms with van der Waals surface area (Å²) < 4.78 is 11.3. The third-order valence-electron chi connectivity index (χ3n) is 4.93. The first-order valence-corrected chi connectivity index (χ1v) is 11.2. The standard InChI is InChI=1S/C25H20N2O6S/c28-24-23(34-25(29)26(24)17-19-6-4-5-9-22(19)27(30)31)16-18-10-12-21(13-11-18)33-15-14-32-20-7-2-1-3-8-20/h1-13,16H,14-15,17H2/b23-16-. The summed E-state index contributed by atoms with van der Waals surface area (Å²) in [5, 5.41) is 10.8. The first-order chi connectivity index (χ1) is 16.5. The van der Waals surface area contributed by atoms with E-state index in [0.717, 1.165) is 28.0 Å². The van der Waals surface area contributed by atoms with E-state index in [9.17, 15) is 19.7 Å². The highest BCUT2D eigenvalue weighted by molar-refractivity contribution is 8.18. The van der Waals surface area contributed by atoms with Gasteiger partial charge in [0.2, 0.25) is 0 Å². The van der Waals surface area contributed by atoms with Gasteiger partial charge in [-0.25, -0.2) is 0 Å². The Hall–Kier alpha value is -4.11. The van der Waals surface area contributed by atoms with E-state index >= 15 is 0 Å². The number of rotatable bonds is 9. The molecule has 0 N–H and O–H groups in total. The highest BCUT2D eigenvalue weighted by atomic mass is 32.2. The first-order valence-electron chi connectivity index (χ1n) is 10.4. The van der Waals surface area contributed by atoms with Gasteiger partial charge in [-0.3, -0.25) is 24.6 Å². The van der Waals surface area contributed by atoms with Crippen LogP contribution in [0.3, 0.4) is 0 Å². The Bertz CT molecular complexity index is 1230. The molecule has 1 aliphatic rings. The average Bonchev–Trinajstić information content (AvgIpc) is 3.11. The second-order valence-electron chi connectivity index (χ2n) is 7.23. The number of hydrogen-bond donors (Lipinski definition) is 0. The van der Waals surface area contributed by atoms with Gasteiger partial charge in [0.15, 0.2) is 0 Å². The molecule has 0 spiro atoms. The fourth-order valence-corrected chi connectivity index (χ4v) is 4.11. The van der Waals surface area contributed by atoms with Gasteiger partial charge in [0.05, 0.1) is 16.4 Å². The van der Waals surface area contributed by atoms with Crippen LogP contribution in [0.4, 0.5) is 10.5 Å². The van der Waals surface area contributed by atoms with Gasteiger partial charge in [-0.15, -0.1) is 0 Å². The van der Waals surface area contributed by atoms with Crippen molar-refractivity contribution >= 4 is 34.7 Å². The monoisotopic (exact) mass is 476 g/mol. The molecule has 34 heavy (non-hydrogen) atoms. The van der Waals surface area contributed by atoms with Gasteiger partial charge in [-0.1, -0.05) is 48.5 Å². The van der Waals surface area contributed by atoms with Crippen molar-refractivity contribution in [1.82, 2.24) is 4.90 Å². The lowest BCUT2D eigenvalue weighted by molar-refractivity contribution is -0.385. The van der Waals surface area contributed by atoms with Crippen molar-refractivity contribution in [3.8, 4) is 11.5 Å². The Kier molecular flexibility index (Phi) is 7.24. The summed E-state index contributed by atoms with van der Waals surface area (Å²) in [7, 11) is 0. The molecule has 172 valence electrons. The molecule has 3 aromatic carbocycles. The number of nitro benzene ring substituents is 1. The van der Waals surface area contributed by atoms with E-state index in [1.807, 2.05) is 30.3 Å². The number of thioether (sulfide) groups is 1. The topological polar surface area (TPSA) is 99.0 Å². The van der Waals surface area contributed by atoms with E-state index < -0.39 is 16.1 Å². The van der Waals surface area contributed by atoms with Crippen LogP contribution in [-0.2, 0) is 11.3 Å². The summed E-state index contributed by atoms with van der Waals surface area (Å²) >= 11 is 0.810. The molecule has 1 aliphatic heterocycles. The zero-order valence-corrected chi connectivity index (χ0v) is 18.8. The van der Waals surface area contributed by atoms with Gasteiger partial charge in [0.25, 0.3) is 16.8 Å².